The molecule has 0 spiro atoms. The average molecular weight is 335 g/mol. The van der Waals surface area contributed by atoms with E-state index in [0.29, 0.717) is 11.1 Å². The number of hydrogen-bond acceptors (Lipinski definition) is 5. The lowest BCUT2D eigenvalue weighted by Crippen LogP contribution is -2.36. The Bertz CT molecular complexity index is 572. The minimum atomic E-state index is -1.14. The molecule has 0 bridgehead atoms. The number of nitrogens with one attached hydrogen (secondary N) is 1. The van der Waals surface area contributed by atoms with Crippen LogP contribution in [0.4, 0.5) is 0 Å². The number of aliphatic hydroxyl groups excluding tert-OH is 3. The number of benzene rings is 1. The first-order chi connectivity index (χ1) is 11.6. The van der Waals surface area contributed by atoms with Crippen molar-refractivity contribution in [3.05, 3.63) is 35.4 Å². The lowest BCUT2D eigenvalue weighted by molar-refractivity contribution is -0.0227. The summed E-state index contributed by atoms with van der Waals surface area (Å²) >= 11 is 0. The highest BCUT2D eigenvalue weighted by Gasteiger charge is 2.43. The zero-order chi connectivity index (χ0) is 17.1. The second-order valence-corrected chi connectivity index (χ2v) is 6.69. The molecule has 1 aromatic rings. The Hall–Kier alpha value is -1.47. The Morgan fingerprint density at radius 2 is 1.92 bits per heavy atom. The number of amides is 1. The van der Waals surface area contributed by atoms with Crippen LogP contribution in [0.3, 0.4) is 0 Å². The van der Waals surface area contributed by atoms with Gasteiger partial charge in [-0.1, -0.05) is 31.4 Å². The van der Waals surface area contributed by atoms with Crippen LogP contribution in [0, 0.1) is 0 Å². The summed E-state index contributed by atoms with van der Waals surface area (Å²) in [4.78, 5) is 12.4. The molecule has 4 atom stereocenters. The van der Waals surface area contributed by atoms with Crippen molar-refractivity contribution in [3.8, 4) is 0 Å². The van der Waals surface area contributed by atoms with Crippen molar-refractivity contribution in [1.29, 1.82) is 0 Å². The molecule has 2 aliphatic rings. The molecule has 1 amide bonds. The van der Waals surface area contributed by atoms with Gasteiger partial charge in [-0.15, -0.1) is 0 Å². The van der Waals surface area contributed by atoms with Gasteiger partial charge in [0.05, 0.1) is 6.61 Å². The first-order valence-corrected chi connectivity index (χ1v) is 8.63. The van der Waals surface area contributed by atoms with E-state index in [4.69, 9.17) is 4.74 Å². The fraction of sp³-hybridized carbons (Fsp3) is 0.611. The first-order valence-electron chi connectivity index (χ1n) is 8.63. The van der Waals surface area contributed by atoms with Crippen LogP contribution in [-0.4, -0.2) is 52.2 Å². The average Bonchev–Trinajstić information content (AvgIpc) is 2.91. The predicted octanol–water partition coefficient (Wildman–Crippen LogP) is 0.903. The molecule has 2 fully saturated rings. The molecule has 0 unspecified atom stereocenters. The molecular formula is C18H25NO5. The Morgan fingerprint density at radius 3 is 2.58 bits per heavy atom. The summed E-state index contributed by atoms with van der Waals surface area (Å²) in [7, 11) is 0. The quantitative estimate of drug-likeness (QED) is 0.655. The number of hydrogen-bond donors (Lipinski definition) is 4. The van der Waals surface area contributed by atoms with Crippen LogP contribution in [0.5, 0.6) is 0 Å². The predicted molar refractivity (Wildman–Crippen MR) is 87.5 cm³/mol. The fourth-order valence-corrected chi connectivity index (χ4v) is 3.55. The van der Waals surface area contributed by atoms with Gasteiger partial charge < -0.3 is 25.4 Å². The molecule has 1 saturated heterocycles. The fourth-order valence-electron chi connectivity index (χ4n) is 3.55. The van der Waals surface area contributed by atoms with Crippen LogP contribution in [0.2, 0.25) is 0 Å². The Kier molecular flexibility index (Phi) is 5.50. The van der Waals surface area contributed by atoms with Crippen molar-refractivity contribution in [1.82, 2.24) is 5.32 Å². The van der Waals surface area contributed by atoms with Gasteiger partial charge in [-0.25, -0.2) is 0 Å². The number of carbonyl (C=O) groups is 1. The van der Waals surface area contributed by atoms with E-state index in [1.165, 1.54) is 6.42 Å². The molecule has 24 heavy (non-hydrogen) atoms. The Labute approximate surface area is 141 Å². The minimum Gasteiger partial charge on any atom is -0.394 e. The summed E-state index contributed by atoms with van der Waals surface area (Å²) in [6.07, 6.45) is 1.72. The summed E-state index contributed by atoms with van der Waals surface area (Å²) in [5.41, 5.74) is 1.13. The van der Waals surface area contributed by atoms with E-state index in [2.05, 4.69) is 5.32 Å². The highest BCUT2D eigenvalue weighted by atomic mass is 16.6. The van der Waals surface area contributed by atoms with Crippen LogP contribution in [0.25, 0.3) is 0 Å². The second kappa shape index (κ2) is 7.61. The van der Waals surface area contributed by atoms with Crippen LogP contribution < -0.4 is 5.32 Å². The molecule has 0 radical (unpaired) electrons. The summed E-state index contributed by atoms with van der Waals surface area (Å²) in [6, 6.07) is 7.11. The van der Waals surface area contributed by atoms with Gasteiger partial charge in [-0.3, -0.25) is 4.79 Å². The van der Waals surface area contributed by atoms with Crippen LogP contribution in [0.15, 0.2) is 24.3 Å². The molecule has 4 N–H and O–H groups in total. The zero-order valence-corrected chi connectivity index (χ0v) is 13.6. The lowest BCUT2D eigenvalue weighted by Gasteiger charge is -2.23. The van der Waals surface area contributed by atoms with Gasteiger partial charge in [0.1, 0.15) is 24.4 Å². The zero-order valence-electron chi connectivity index (χ0n) is 13.6. The summed E-state index contributed by atoms with van der Waals surface area (Å²) in [5.74, 6) is -0.129. The molecule has 0 aromatic heterocycles. The van der Waals surface area contributed by atoms with E-state index in [1.54, 1.807) is 24.3 Å². The number of ether oxygens (including phenoxy) is 1. The van der Waals surface area contributed by atoms with Crippen molar-refractivity contribution >= 4 is 5.91 Å². The van der Waals surface area contributed by atoms with Gasteiger partial charge in [-0.2, -0.15) is 0 Å². The lowest BCUT2D eigenvalue weighted by atomic mass is 9.95. The maximum Gasteiger partial charge on any atom is 0.251 e. The molecule has 1 aliphatic heterocycles. The third kappa shape index (κ3) is 3.62. The van der Waals surface area contributed by atoms with Gasteiger partial charge in [0.2, 0.25) is 0 Å². The summed E-state index contributed by atoms with van der Waals surface area (Å²) in [5, 5.41) is 32.2. The minimum absolute atomic E-state index is 0.129. The standard InChI is InChI=1S/C18H25NO5/c20-10-14-15(21)16(22)17(24-14)11-5-4-6-12(9-11)18(23)19-13-7-2-1-3-8-13/h4-6,9,13-17,20-22H,1-3,7-8,10H2,(H,19,23)/t14-,15-,16-,17+/m1/s1. The molecule has 6 heteroatoms. The van der Waals surface area contributed by atoms with Crippen molar-refractivity contribution in [2.75, 3.05) is 6.61 Å². The molecule has 6 nitrogen and oxygen atoms in total. The number of rotatable bonds is 4. The second-order valence-electron chi connectivity index (χ2n) is 6.69. The van der Waals surface area contributed by atoms with Crippen molar-refractivity contribution < 1.29 is 24.9 Å². The number of aliphatic hydroxyl groups is 3. The SMILES string of the molecule is O=C(NC1CCCCC1)c1cccc([C@@H]2O[C@H](CO)[C@@H](O)[C@H]2O)c1. The molecule has 1 aliphatic carbocycles. The van der Waals surface area contributed by atoms with Crippen molar-refractivity contribution in [3.63, 3.8) is 0 Å². The van der Waals surface area contributed by atoms with E-state index in [-0.39, 0.29) is 18.6 Å². The summed E-state index contributed by atoms with van der Waals surface area (Å²) < 4.78 is 5.52. The highest BCUT2D eigenvalue weighted by Crippen LogP contribution is 2.33. The van der Waals surface area contributed by atoms with E-state index in [9.17, 15) is 20.1 Å². The van der Waals surface area contributed by atoms with Crippen LogP contribution in [-0.2, 0) is 4.74 Å². The molecule has 1 heterocycles. The molecule has 1 saturated carbocycles. The Balaban J connectivity index is 1.71. The van der Waals surface area contributed by atoms with E-state index in [1.807, 2.05) is 0 Å². The van der Waals surface area contributed by atoms with E-state index >= 15 is 0 Å². The van der Waals surface area contributed by atoms with Gasteiger partial charge in [0, 0.05) is 11.6 Å². The topological polar surface area (TPSA) is 99.0 Å². The third-order valence-electron chi connectivity index (χ3n) is 4.96. The first kappa shape index (κ1) is 17.4. The molecule has 132 valence electrons. The van der Waals surface area contributed by atoms with Gasteiger partial charge in [0.25, 0.3) is 5.91 Å². The van der Waals surface area contributed by atoms with Gasteiger partial charge in [-0.05, 0) is 30.5 Å². The monoisotopic (exact) mass is 335 g/mol. The van der Waals surface area contributed by atoms with E-state index in [0.717, 1.165) is 25.7 Å². The van der Waals surface area contributed by atoms with Crippen LogP contribution >= 0.6 is 0 Å². The maximum atomic E-state index is 12.4. The third-order valence-corrected chi connectivity index (χ3v) is 4.96. The van der Waals surface area contributed by atoms with E-state index < -0.39 is 24.4 Å². The number of carbonyl (C=O) groups excluding carboxylic acids is 1. The van der Waals surface area contributed by atoms with Crippen molar-refractivity contribution in [2.45, 2.75) is 62.6 Å². The highest BCUT2D eigenvalue weighted by molar-refractivity contribution is 5.94. The maximum absolute atomic E-state index is 12.4. The molecular weight excluding hydrogens is 310 g/mol. The Morgan fingerprint density at radius 1 is 1.17 bits per heavy atom. The normalized spacial score (nSPS) is 31.1. The molecule has 3 rings (SSSR count). The molecule has 1 aromatic carbocycles. The smallest absolute Gasteiger partial charge is 0.251 e. The largest absolute Gasteiger partial charge is 0.394 e. The van der Waals surface area contributed by atoms with Gasteiger partial charge in [0.15, 0.2) is 0 Å². The van der Waals surface area contributed by atoms with Gasteiger partial charge >= 0.3 is 0 Å². The van der Waals surface area contributed by atoms with Crippen LogP contribution in [0.1, 0.15) is 54.1 Å². The summed E-state index contributed by atoms with van der Waals surface area (Å²) in [6.45, 7) is -0.365. The van der Waals surface area contributed by atoms with Crippen molar-refractivity contribution in [2.24, 2.45) is 0 Å².